The van der Waals surface area contributed by atoms with Crippen molar-refractivity contribution in [3.63, 3.8) is 0 Å². The summed E-state index contributed by atoms with van der Waals surface area (Å²) < 4.78 is 0. The van der Waals surface area contributed by atoms with E-state index in [-0.39, 0.29) is 0 Å². The van der Waals surface area contributed by atoms with Gasteiger partial charge < -0.3 is 0 Å². The van der Waals surface area contributed by atoms with Gasteiger partial charge in [0.2, 0.25) is 0 Å². The van der Waals surface area contributed by atoms with Crippen molar-refractivity contribution < 1.29 is 0 Å². The Morgan fingerprint density at radius 2 is 1.12 bits per heavy atom. The number of benzene rings is 6. The lowest BCUT2D eigenvalue weighted by Gasteiger charge is -2.34. The molecule has 0 N–H and O–H groups in total. The molecule has 0 unspecified atom stereocenters. The highest BCUT2D eigenvalue weighted by Gasteiger charge is 2.47. The van der Waals surface area contributed by atoms with Crippen molar-refractivity contribution in [1.29, 1.82) is 5.26 Å². The summed E-state index contributed by atoms with van der Waals surface area (Å²) in [6.45, 7) is 0. The molecule has 2 aromatic heterocycles. The zero-order chi connectivity index (χ0) is 32.8. The van der Waals surface area contributed by atoms with Crippen LogP contribution in [-0.2, 0) is 5.41 Å². The lowest BCUT2D eigenvalue weighted by atomic mass is 9.67. The maximum atomic E-state index is 9.51. The number of nitrogens with zero attached hydrogens (tertiary/aromatic N) is 3. The Labute approximate surface area is 285 Å². The van der Waals surface area contributed by atoms with Gasteiger partial charge in [0.05, 0.1) is 16.8 Å². The van der Waals surface area contributed by atoms with Gasteiger partial charge in [-0.2, -0.15) is 5.26 Å². The van der Waals surface area contributed by atoms with Crippen molar-refractivity contribution in [2.75, 3.05) is 0 Å². The molecule has 3 heteroatoms. The number of nitriles is 1. The average Bonchev–Trinajstić information content (AvgIpc) is 3.49. The van der Waals surface area contributed by atoms with E-state index in [1.807, 2.05) is 12.1 Å². The van der Waals surface area contributed by atoms with E-state index in [0.29, 0.717) is 5.69 Å². The summed E-state index contributed by atoms with van der Waals surface area (Å²) in [6.07, 6.45) is 1.67. The molecule has 0 bridgehead atoms. The highest BCUT2D eigenvalue weighted by atomic mass is 14.7. The van der Waals surface area contributed by atoms with Gasteiger partial charge >= 0.3 is 0 Å². The van der Waals surface area contributed by atoms with Crippen LogP contribution < -0.4 is 0 Å². The second-order valence-electron chi connectivity index (χ2n) is 12.5. The summed E-state index contributed by atoms with van der Waals surface area (Å²) in [5.41, 5.74) is 13.2. The Hall–Kier alpha value is -6.63. The van der Waals surface area contributed by atoms with Crippen LogP contribution in [0.4, 0.5) is 0 Å². The SMILES string of the molecule is N#Cc1cc(-c2cccc(-c3cc4c(c5ccccc35)-c3ccc(-c5ccccc5)cc3C4(c3ccccc3)c3ccccc3)n2)ccn1. The second kappa shape index (κ2) is 11.6. The molecule has 8 aromatic rings. The van der Waals surface area contributed by atoms with Crippen LogP contribution in [0.2, 0.25) is 0 Å². The maximum Gasteiger partial charge on any atom is 0.141 e. The molecule has 0 fully saturated rings. The fourth-order valence-electron chi connectivity index (χ4n) is 7.76. The monoisotopic (exact) mass is 623 g/mol. The van der Waals surface area contributed by atoms with E-state index >= 15 is 0 Å². The van der Waals surface area contributed by atoms with Crippen LogP contribution in [0, 0.1) is 11.3 Å². The molecule has 0 saturated carbocycles. The lowest BCUT2D eigenvalue weighted by molar-refractivity contribution is 0.769. The molecule has 2 heterocycles. The predicted molar refractivity (Wildman–Crippen MR) is 198 cm³/mol. The van der Waals surface area contributed by atoms with Crippen molar-refractivity contribution >= 4 is 10.8 Å². The van der Waals surface area contributed by atoms with E-state index in [2.05, 4.69) is 163 Å². The second-order valence-corrected chi connectivity index (χ2v) is 12.5. The van der Waals surface area contributed by atoms with Crippen molar-refractivity contribution in [3.05, 3.63) is 204 Å². The number of fused-ring (bicyclic) bond motifs is 5. The molecule has 0 amide bonds. The van der Waals surface area contributed by atoms with Crippen molar-refractivity contribution in [3.8, 4) is 50.8 Å². The summed E-state index contributed by atoms with van der Waals surface area (Å²) in [7, 11) is 0. The van der Waals surface area contributed by atoms with E-state index in [4.69, 9.17) is 4.98 Å². The smallest absolute Gasteiger partial charge is 0.141 e. The van der Waals surface area contributed by atoms with Crippen LogP contribution in [-0.4, -0.2) is 9.97 Å². The fourth-order valence-corrected chi connectivity index (χ4v) is 7.76. The Morgan fingerprint density at radius 1 is 0.469 bits per heavy atom. The lowest BCUT2D eigenvalue weighted by Crippen LogP contribution is -2.28. The van der Waals surface area contributed by atoms with Gasteiger partial charge in [-0.1, -0.05) is 133 Å². The summed E-state index contributed by atoms with van der Waals surface area (Å²) in [5, 5.41) is 11.9. The van der Waals surface area contributed by atoms with Gasteiger partial charge in [-0.15, -0.1) is 0 Å². The Balaban J connectivity index is 1.39. The van der Waals surface area contributed by atoms with Crippen molar-refractivity contribution in [2.45, 2.75) is 5.41 Å². The van der Waals surface area contributed by atoms with E-state index in [1.54, 1.807) is 12.3 Å². The first-order chi connectivity index (χ1) is 24.3. The number of rotatable bonds is 5. The molecule has 0 radical (unpaired) electrons. The summed E-state index contributed by atoms with van der Waals surface area (Å²) in [5.74, 6) is 0. The minimum absolute atomic E-state index is 0.371. The summed E-state index contributed by atoms with van der Waals surface area (Å²) in [4.78, 5) is 9.40. The minimum Gasteiger partial charge on any atom is -0.248 e. The van der Waals surface area contributed by atoms with E-state index in [1.165, 1.54) is 49.9 Å². The molecule has 0 aliphatic heterocycles. The first-order valence-corrected chi connectivity index (χ1v) is 16.5. The van der Waals surface area contributed by atoms with Gasteiger partial charge in [0.25, 0.3) is 0 Å². The standard InChI is InChI=1S/C46H29N3/c47-30-36-27-33(25-26-48-36)43-21-12-22-44(49-43)40-29-42-45(38-20-11-10-19-37(38)40)39-24-23-32(31-13-4-1-5-14-31)28-41(39)46(42,34-15-6-2-7-16-34)35-17-8-3-9-18-35/h1-29H. The minimum atomic E-state index is -0.582. The third kappa shape index (κ3) is 4.50. The zero-order valence-electron chi connectivity index (χ0n) is 26.6. The van der Waals surface area contributed by atoms with Gasteiger partial charge in [-0.25, -0.2) is 9.97 Å². The Bertz CT molecular complexity index is 2510. The van der Waals surface area contributed by atoms with Crippen molar-refractivity contribution in [2.24, 2.45) is 0 Å². The quantitative estimate of drug-likeness (QED) is 0.192. The van der Waals surface area contributed by atoms with Crippen LogP contribution in [0.25, 0.3) is 55.5 Å². The Kier molecular flexibility index (Phi) is 6.74. The molecule has 0 saturated heterocycles. The topological polar surface area (TPSA) is 49.6 Å². The van der Waals surface area contributed by atoms with Crippen LogP contribution in [0.3, 0.4) is 0 Å². The average molecular weight is 624 g/mol. The van der Waals surface area contributed by atoms with E-state index in [0.717, 1.165) is 27.9 Å². The zero-order valence-corrected chi connectivity index (χ0v) is 26.6. The molecule has 0 atom stereocenters. The van der Waals surface area contributed by atoms with Crippen LogP contribution in [0.1, 0.15) is 27.9 Å². The number of hydrogen-bond donors (Lipinski definition) is 0. The first kappa shape index (κ1) is 28.6. The van der Waals surface area contributed by atoms with E-state index in [9.17, 15) is 5.26 Å². The molecule has 49 heavy (non-hydrogen) atoms. The molecular weight excluding hydrogens is 595 g/mol. The molecule has 1 aliphatic rings. The number of pyridine rings is 2. The maximum absolute atomic E-state index is 9.51. The summed E-state index contributed by atoms with van der Waals surface area (Å²) >= 11 is 0. The third-order valence-corrected chi connectivity index (χ3v) is 9.86. The highest BCUT2D eigenvalue weighted by Crippen LogP contribution is 2.59. The molecule has 6 aromatic carbocycles. The van der Waals surface area contributed by atoms with Crippen molar-refractivity contribution in [1.82, 2.24) is 9.97 Å². The molecule has 3 nitrogen and oxygen atoms in total. The Morgan fingerprint density at radius 3 is 1.84 bits per heavy atom. The molecule has 0 spiro atoms. The van der Waals surface area contributed by atoms with Gasteiger partial charge in [-0.05, 0) is 91.7 Å². The van der Waals surface area contributed by atoms with Crippen LogP contribution in [0.5, 0.6) is 0 Å². The normalized spacial score (nSPS) is 12.6. The number of hydrogen-bond acceptors (Lipinski definition) is 3. The number of aromatic nitrogens is 2. The summed E-state index contributed by atoms with van der Waals surface area (Å²) in [6, 6.07) is 62.6. The van der Waals surface area contributed by atoms with Gasteiger partial charge in [0.15, 0.2) is 0 Å². The van der Waals surface area contributed by atoms with Gasteiger partial charge in [0.1, 0.15) is 11.8 Å². The predicted octanol–water partition coefficient (Wildman–Crippen LogP) is 10.9. The fraction of sp³-hybridized carbons (Fsp3) is 0.0217. The molecule has 1 aliphatic carbocycles. The van der Waals surface area contributed by atoms with Gasteiger partial charge in [-0.3, -0.25) is 0 Å². The van der Waals surface area contributed by atoms with Crippen LogP contribution >= 0.6 is 0 Å². The molecule has 228 valence electrons. The highest BCUT2D eigenvalue weighted by molar-refractivity contribution is 6.10. The van der Waals surface area contributed by atoms with Gasteiger partial charge in [0, 0.05) is 17.3 Å². The first-order valence-electron chi connectivity index (χ1n) is 16.5. The third-order valence-electron chi connectivity index (χ3n) is 9.86. The van der Waals surface area contributed by atoms with E-state index < -0.39 is 5.41 Å². The molecule has 9 rings (SSSR count). The largest absolute Gasteiger partial charge is 0.248 e. The van der Waals surface area contributed by atoms with Crippen LogP contribution in [0.15, 0.2) is 176 Å². The molecular formula is C46H29N3.